The van der Waals surface area contributed by atoms with Gasteiger partial charge in [0.15, 0.2) is 0 Å². The van der Waals surface area contributed by atoms with Gasteiger partial charge in [0.2, 0.25) is 5.91 Å². The van der Waals surface area contributed by atoms with Crippen molar-refractivity contribution in [2.24, 2.45) is 0 Å². The summed E-state index contributed by atoms with van der Waals surface area (Å²) < 4.78 is 9.85. The predicted octanol–water partition coefficient (Wildman–Crippen LogP) is 3.89. The normalized spacial score (nSPS) is 9.61. The monoisotopic (exact) mass is 423 g/mol. The Labute approximate surface area is 178 Å². The molecule has 8 nitrogen and oxygen atoms in total. The first-order chi connectivity index (χ1) is 14.7. The zero-order chi connectivity index (χ0) is 22.8. The molecule has 3 aromatic rings. The molecule has 0 saturated heterocycles. The first-order valence-electron chi connectivity index (χ1n) is 9.10. The number of esters is 2. The molecule has 31 heavy (non-hydrogen) atoms. The van der Waals surface area contributed by atoms with Crippen molar-refractivity contribution in [3.05, 3.63) is 78.4 Å². The average molecular weight is 423 g/mol. The smallest absolute Gasteiger partial charge is 0.347 e. The molecule has 0 unspecified atom stereocenters. The molecular formula is C23H21NO7. The van der Waals surface area contributed by atoms with Gasteiger partial charge >= 0.3 is 11.9 Å². The van der Waals surface area contributed by atoms with Gasteiger partial charge in [-0.15, -0.1) is 0 Å². The number of phenolic OH excluding ortho intramolecular Hbond substituents is 2. The largest absolute Gasteiger partial charge is 0.508 e. The summed E-state index contributed by atoms with van der Waals surface area (Å²) in [6.07, 6.45) is 0. The number of carbonyl (C=O) groups is 3. The molecule has 0 atom stereocenters. The molecule has 3 rings (SSSR count). The summed E-state index contributed by atoms with van der Waals surface area (Å²) in [6, 6.07) is 18.5. The summed E-state index contributed by atoms with van der Waals surface area (Å²) >= 11 is 0. The number of anilines is 1. The highest BCUT2D eigenvalue weighted by atomic mass is 16.5. The van der Waals surface area contributed by atoms with E-state index < -0.39 is 5.97 Å². The molecule has 0 aliphatic heterocycles. The minimum absolute atomic E-state index is 0.0958. The summed E-state index contributed by atoms with van der Waals surface area (Å²) in [6.45, 7) is 2.74. The van der Waals surface area contributed by atoms with Crippen LogP contribution in [0.1, 0.15) is 24.2 Å². The fourth-order valence-corrected chi connectivity index (χ4v) is 2.30. The number of amides is 1. The molecule has 0 aliphatic carbocycles. The van der Waals surface area contributed by atoms with E-state index in [1.807, 2.05) is 0 Å². The molecule has 160 valence electrons. The molecule has 0 heterocycles. The van der Waals surface area contributed by atoms with Gasteiger partial charge in [0.05, 0.1) is 0 Å². The van der Waals surface area contributed by atoms with Crippen molar-refractivity contribution in [3.8, 4) is 23.0 Å². The second-order valence-electron chi connectivity index (χ2n) is 6.20. The van der Waals surface area contributed by atoms with E-state index in [0.29, 0.717) is 17.2 Å². The summed E-state index contributed by atoms with van der Waals surface area (Å²) in [5.74, 6) is -0.397. The zero-order valence-electron chi connectivity index (χ0n) is 16.9. The molecule has 0 spiro atoms. The maximum absolute atomic E-state index is 11.8. The molecule has 0 saturated carbocycles. The molecule has 3 aromatic carbocycles. The molecule has 1 amide bonds. The second kappa shape index (κ2) is 11.0. The average Bonchev–Trinajstić information content (AvgIpc) is 2.71. The van der Waals surface area contributed by atoms with Crippen LogP contribution in [0, 0.1) is 0 Å². The molecule has 3 N–H and O–H groups in total. The number of hydrogen-bond donors (Lipinski definition) is 3. The topological polar surface area (TPSA) is 122 Å². The van der Waals surface area contributed by atoms with Crippen LogP contribution < -0.4 is 14.8 Å². The van der Waals surface area contributed by atoms with Crippen molar-refractivity contribution in [1.82, 2.24) is 0 Å². The van der Waals surface area contributed by atoms with Gasteiger partial charge in [0, 0.05) is 19.5 Å². The fraction of sp³-hybridized carbons (Fsp3) is 0.0870. The van der Waals surface area contributed by atoms with Crippen molar-refractivity contribution in [1.29, 1.82) is 0 Å². The number of carbonyl (C=O) groups excluding carboxylic acids is 3. The molecule has 0 radical (unpaired) electrons. The highest BCUT2D eigenvalue weighted by molar-refractivity contribution is 5.94. The van der Waals surface area contributed by atoms with E-state index in [0.717, 1.165) is 0 Å². The van der Waals surface area contributed by atoms with Crippen LogP contribution in [-0.4, -0.2) is 28.1 Å². The van der Waals surface area contributed by atoms with Crippen molar-refractivity contribution in [2.45, 2.75) is 13.8 Å². The van der Waals surface area contributed by atoms with E-state index >= 15 is 0 Å². The van der Waals surface area contributed by atoms with Crippen LogP contribution in [0.15, 0.2) is 72.8 Å². The van der Waals surface area contributed by atoms with Crippen LogP contribution in [0.5, 0.6) is 23.0 Å². The number of phenols is 2. The Morgan fingerprint density at radius 1 is 0.742 bits per heavy atom. The number of rotatable bonds is 4. The Kier molecular flexibility index (Phi) is 8.15. The van der Waals surface area contributed by atoms with Crippen LogP contribution in [-0.2, 0) is 9.59 Å². The quantitative estimate of drug-likeness (QED) is 0.430. The van der Waals surface area contributed by atoms with Crippen LogP contribution in [0.25, 0.3) is 0 Å². The van der Waals surface area contributed by atoms with Crippen LogP contribution >= 0.6 is 0 Å². The first-order valence-corrected chi connectivity index (χ1v) is 9.10. The summed E-state index contributed by atoms with van der Waals surface area (Å²) in [5.41, 5.74) is 0.707. The lowest BCUT2D eigenvalue weighted by atomic mass is 10.2. The van der Waals surface area contributed by atoms with E-state index in [1.165, 1.54) is 50.2 Å². The summed E-state index contributed by atoms with van der Waals surface area (Å²) in [7, 11) is 0. The third-order valence-electron chi connectivity index (χ3n) is 3.61. The number of aromatic hydroxyl groups is 2. The third-order valence-corrected chi connectivity index (χ3v) is 3.61. The van der Waals surface area contributed by atoms with E-state index in [4.69, 9.17) is 14.6 Å². The molecular weight excluding hydrogens is 402 g/mol. The van der Waals surface area contributed by atoms with Gasteiger partial charge in [-0.25, -0.2) is 4.79 Å². The number of nitrogens with one attached hydrogen (secondary N) is 1. The highest BCUT2D eigenvalue weighted by Gasteiger charge is 2.12. The Morgan fingerprint density at radius 3 is 1.84 bits per heavy atom. The highest BCUT2D eigenvalue weighted by Crippen LogP contribution is 2.21. The Morgan fingerprint density at radius 2 is 1.29 bits per heavy atom. The van der Waals surface area contributed by atoms with Crippen LogP contribution in [0.2, 0.25) is 0 Å². The minimum Gasteiger partial charge on any atom is -0.508 e. The number of hydrogen-bond acceptors (Lipinski definition) is 7. The third kappa shape index (κ3) is 7.90. The lowest BCUT2D eigenvalue weighted by Crippen LogP contribution is -2.09. The van der Waals surface area contributed by atoms with Gasteiger partial charge in [-0.2, -0.15) is 0 Å². The van der Waals surface area contributed by atoms with E-state index in [-0.39, 0.29) is 28.9 Å². The second-order valence-corrected chi connectivity index (χ2v) is 6.20. The van der Waals surface area contributed by atoms with Gasteiger partial charge in [-0.05, 0) is 60.7 Å². The Hall–Kier alpha value is -4.33. The predicted molar refractivity (Wildman–Crippen MR) is 113 cm³/mol. The Bertz CT molecular complexity index is 1040. The minimum atomic E-state index is -0.643. The number of para-hydroxylation sites is 1. The van der Waals surface area contributed by atoms with Crippen molar-refractivity contribution in [3.63, 3.8) is 0 Å². The number of benzene rings is 3. The lowest BCUT2D eigenvalue weighted by Gasteiger charge is -2.07. The van der Waals surface area contributed by atoms with Crippen LogP contribution in [0.3, 0.4) is 0 Å². The summed E-state index contributed by atoms with van der Waals surface area (Å²) in [4.78, 5) is 33.1. The fourth-order valence-electron chi connectivity index (χ4n) is 2.30. The van der Waals surface area contributed by atoms with Gasteiger partial charge in [-0.3, -0.25) is 9.59 Å². The standard InChI is InChI=1S/C15H13NO4.C8H8O3/c1-10(17)16-11-6-8-12(9-7-11)20-15(19)13-4-2-3-5-14(13)18;1-6(9)11-8-4-2-7(10)3-5-8/h2-9,18H,1H3,(H,16,17);2-5,10H,1H3. The van der Waals surface area contributed by atoms with E-state index in [2.05, 4.69) is 5.32 Å². The lowest BCUT2D eigenvalue weighted by molar-refractivity contribution is -0.131. The zero-order valence-corrected chi connectivity index (χ0v) is 16.9. The molecule has 0 bridgehead atoms. The molecule has 8 heteroatoms. The number of ether oxygens (including phenoxy) is 2. The maximum atomic E-state index is 11.8. The van der Waals surface area contributed by atoms with Gasteiger partial charge in [-0.1, -0.05) is 12.1 Å². The van der Waals surface area contributed by atoms with Crippen molar-refractivity contribution < 1.29 is 34.1 Å². The van der Waals surface area contributed by atoms with Crippen molar-refractivity contribution in [2.75, 3.05) is 5.32 Å². The Balaban J connectivity index is 0.000000262. The maximum Gasteiger partial charge on any atom is 0.347 e. The van der Waals surface area contributed by atoms with E-state index in [9.17, 15) is 19.5 Å². The molecule has 0 aromatic heterocycles. The van der Waals surface area contributed by atoms with E-state index in [1.54, 1.807) is 36.4 Å². The van der Waals surface area contributed by atoms with Gasteiger partial charge in [0.25, 0.3) is 0 Å². The van der Waals surface area contributed by atoms with Gasteiger partial charge in [0.1, 0.15) is 28.6 Å². The first kappa shape index (κ1) is 23.0. The van der Waals surface area contributed by atoms with Gasteiger partial charge < -0.3 is 25.0 Å². The van der Waals surface area contributed by atoms with Crippen LogP contribution in [0.4, 0.5) is 5.69 Å². The molecule has 0 fully saturated rings. The summed E-state index contributed by atoms with van der Waals surface area (Å²) in [5, 5.41) is 21.0. The SMILES string of the molecule is CC(=O)Nc1ccc(OC(=O)c2ccccc2O)cc1.CC(=O)Oc1ccc(O)cc1. The van der Waals surface area contributed by atoms with Crippen molar-refractivity contribution >= 4 is 23.5 Å². The molecule has 0 aliphatic rings.